The minimum atomic E-state index is 0.0502. The lowest BCUT2D eigenvalue weighted by Gasteiger charge is -1.99. The van der Waals surface area contributed by atoms with Gasteiger partial charge in [0.15, 0.2) is 0 Å². The van der Waals surface area contributed by atoms with Crippen LogP contribution in [-0.4, -0.2) is 15.2 Å². The average Bonchev–Trinajstić information content (AvgIpc) is 2.58. The molecule has 0 unspecified atom stereocenters. The Hall–Kier alpha value is -2.56. The van der Waals surface area contributed by atoms with Crippen molar-refractivity contribution in [1.82, 2.24) is 4.98 Å². The molecule has 5 heteroatoms. The largest absolute Gasteiger partial charge is 0.506 e. The summed E-state index contributed by atoms with van der Waals surface area (Å²) in [6.07, 6.45) is 0. The molecular formula is C12H11N3O2. The van der Waals surface area contributed by atoms with Crippen molar-refractivity contribution >= 4 is 33.2 Å². The first kappa shape index (κ1) is 9.65. The zero-order chi connectivity index (χ0) is 12.2. The minimum Gasteiger partial charge on any atom is -0.506 e. The Balaban J connectivity index is 2.60. The smallest absolute Gasteiger partial charge is 0.141 e. The molecule has 0 aliphatic rings. The SMILES string of the molecule is Nc1cc(O)c2[nH]c3c(O)cc(N)cc3c2c1. The quantitative estimate of drug-likeness (QED) is 0.379. The number of phenolic OH excluding ortho intramolecular Hbond substituents is 2. The van der Waals surface area contributed by atoms with Crippen molar-refractivity contribution in [2.75, 3.05) is 11.5 Å². The number of nitrogens with one attached hydrogen (secondary N) is 1. The molecule has 5 nitrogen and oxygen atoms in total. The summed E-state index contributed by atoms with van der Waals surface area (Å²) < 4.78 is 0. The van der Waals surface area contributed by atoms with E-state index in [9.17, 15) is 10.2 Å². The van der Waals surface area contributed by atoms with Gasteiger partial charge in [-0.1, -0.05) is 0 Å². The number of aromatic amines is 1. The van der Waals surface area contributed by atoms with Crippen molar-refractivity contribution in [3.63, 3.8) is 0 Å². The fourth-order valence-corrected chi connectivity index (χ4v) is 2.11. The van der Waals surface area contributed by atoms with Crippen LogP contribution in [0.3, 0.4) is 0 Å². The Kier molecular flexibility index (Phi) is 1.69. The lowest BCUT2D eigenvalue weighted by Crippen LogP contribution is -1.84. The zero-order valence-corrected chi connectivity index (χ0v) is 8.86. The van der Waals surface area contributed by atoms with Crippen LogP contribution in [0.4, 0.5) is 11.4 Å². The summed E-state index contributed by atoms with van der Waals surface area (Å²) in [7, 11) is 0. The van der Waals surface area contributed by atoms with Crippen LogP contribution in [0.25, 0.3) is 21.8 Å². The molecule has 0 saturated carbocycles. The van der Waals surface area contributed by atoms with Gasteiger partial charge >= 0.3 is 0 Å². The lowest BCUT2D eigenvalue weighted by atomic mass is 10.1. The van der Waals surface area contributed by atoms with E-state index < -0.39 is 0 Å². The number of hydrogen-bond donors (Lipinski definition) is 5. The van der Waals surface area contributed by atoms with Crippen molar-refractivity contribution in [1.29, 1.82) is 0 Å². The Morgan fingerprint density at radius 2 is 1.18 bits per heavy atom. The van der Waals surface area contributed by atoms with Crippen LogP contribution in [0.5, 0.6) is 11.5 Å². The summed E-state index contributed by atoms with van der Waals surface area (Å²) in [5.74, 6) is 0.100. The Labute approximate surface area is 96.3 Å². The summed E-state index contributed by atoms with van der Waals surface area (Å²) >= 11 is 0. The normalized spacial score (nSPS) is 11.3. The number of anilines is 2. The second kappa shape index (κ2) is 2.98. The van der Waals surface area contributed by atoms with E-state index in [0.717, 1.165) is 10.8 Å². The highest BCUT2D eigenvalue weighted by molar-refractivity contribution is 6.12. The second-order valence-corrected chi connectivity index (χ2v) is 4.05. The number of fused-ring (bicyclic) bond motifs is 3. The van der Waals surface area contributed by atoms with Gasteiger partial charge in [0.25, 0.3) is 0 Å². The maximum Gasteiger partial charge on any atom is 0.141 e. The Morgan fingerprint density at radius 3 is 1.59 bits per heavy atom. The highest BCUT2D eigenvalue weighted by atomic mass is 16.3. The van der Waals surface area contributed by atoms with Gasteiger partial charge < -0.3 is 26.7 Å². The van der Waals surface area contributed by atoms with Crippen LogP contribution in [0.15, 0.2) is 24.3 Å². The van der Waals surface area contributed by atoms with Crippen molar-refractivity contribution in [2.45, 2.75) is 0 Å². The number of rotatable bonds is 0. The van der Waals surface area contributed by atoms with Gasteiger partial charge in [-0.25, -0.2) is 0 Å². The van der Waals surface area contributed by atoms with Crippen LogP contribution in [0.2, 0.25) is 0 Å². The van der Waals surface area contributed by atoms with Gasteiger partial charge in [0, 0.05) is 34.3 Å². The molecule has 0 bridgehead atoms. The predicted molar refractivity (Wildman–Crippen MR) is 68.0 cm³/mol. The maximum absolute atomic E-state index is 9.79. The van der Waals surface area contributed by atoms with Gasteiger partial charge in [-0.3, -0.25) is 0 Å². The molecule has 7 N–H and O–H groups in total. The van der Waals surface area contributed by atoms with Gasteiger partial charge in [0.05, 0.1) is 11.0 Å². The van der Waals surface area contributed by atoms with E-state index in [-0.39, 0.29) is 11.5 Å². The van der Waals surface area contributed by atoms with Gasteiger partial charge in [0.1, 0.15) is 11.5 Å². The third-order valence-electron chi connectivity index (χ3n) is 2.82. The van der Waals surface area contributed by atoms with E-state index in [0.29, 0.717) is 22.4 Å². The summed E-state index contributed by atoms with van der Waals surface area (Å²) in [5, 5.41) is 21.1. The van der Waals surface area contributed by atoms with E-state index in [1.807, 2.05) is 0 Å². The van der Waals surface area contributed by atoms with Crippen LogP contribution in [0.1, 0.15) is 0 Å². The fourth-order valence-electron chi connectivity index (χ4n) is 2.11. The van der Waals surface area contributed by atoms with E-state index >= 15 is 0 Å². The van der Waals surface area contributed by atoms with Crippen molar-refractivity contribution in [3.8, 4) is 11.5 Å². The molecule has 0 radical (unpaired) electrons. The van der Waals surface area contributed by atoms with E-state index in [4.69, 9.17) is 11.5 Å². The molecule has 0 aliphatic heterocycles. The molecule has 0 saturated heterocycles. The van der Waals surface area contributed by atoms with Gasteiger partial charge in [-0.2, -0.15) is 0 Å². The third-order valence-corrected chi connectivity index (χ3v) is 2.82. The first-order chi connectivity index (χ1) is 8.06. The second-order valence-electron chi connectivity index (χ2n) is 4.05. The summed E-state index contributed by atoms with van der Waals surface area (Å²) in [5.41, 5.74) is 13.4. The average molecular weight is 229 g/mol. The molecule has 3 rings (SSSR count). The summed E-state index contributed by atoms with van der Waals surface area (Å²) in [6, 6.07) is 6.37. The van der Waals surface area contributed by atoms with Crippen molar-refractivity contribution < 1.29 is 10.2 Å². The number of aromatic hydroxyl groups is 2. The van der Waals surface area contributed by atoms with E-state index in [1.165, 1.54) is 12.1 Å². The molecule has 1 aromatic heterocycles. The summed E-state index contributed by atoms with van der Waals surface area (Å²) in [4.78, 5) is 2.96. The number of phenols is 2. The number of H-pyrrole nitrogens is 1. The molecule has 0 atom stereocenters. The number of nitrogens with two attached hydrogens (primary N) is 2. The fraction of sp³-hybridized carbons (Fsp3) is 0. The highest BCUT2D eigenvalue weighted by Gasteiger charge is 2.12. The van der Waals surface area contributed by atoms with Crippen LogP contribution < -0.4 is 11.5 Å². The molecule has 86 valence electrons. The van der Waals surface area contributed by atoms with E-state index in [2.05, 4.69) is 4.98 Å². The molecule has 2 aromatic carbocycles. The zero-order valence-electron chi connectivity index (χ0n) is 8.86. The molecule has 3 aromatic rings. The topological polar surface area (TPSA) is 108 Å². The standard InChI is InChI=1S/C12H11N3O2/c13-5-1-7-8-2-6(14)4-10(17)12(8)15-11(7)9(16)3-5/h1-4,15-17H,13-14H2. The van der Waals surface area contributed by atoms with Crippen LogP contribution >= 0.6 is 0 Å². The number of benzene rings is 2. The van der Waals surface area contributed by atoms with Gasteiger partial charge in [-0.05, 0) is 12.1 Å². The summed E-state index contributed by atoms with van der Waals surface area (Å²) in [6.45, 7) is 0. The van der Waals surface area contributed by atoms with Crippen molar-refractivity contribution in [3.05, 3.63) is 24.3 Å². The first-order valence-electron chi connectivity index (χ1n) is 5.08. The number of aromatic nitrogens is 1. The highest BCUT2D eigenvalue weighted by Crippen LogP contribution is 2.37. The van der Waals surface area contributed by atoms with Crippen molar-refractivity contribution in [2.24, 2.45) is 0 Å². The number of hydrogen-bond acceptors (Lipinski definition) is 4. The maximum atomic E-state index is 9.79. The van der Waals surface area contributed by atoms with Gasteiger partial charge in [0.2, 0.25) is 0 Å². The molecule has 17 heavy (non-hydrogen) atoms. The molecule has 0 amide bonds. The Morgan fingerprint density at radius 1 is 0.765 bits per heavy atom. The minimum absolute atomic E-state index is 0.0502. The van der Waals surface area contributed by atoms with E-state index in [1.54, 1.807) is 12.1 Å². The third kappa shape index (κ3) is 1.25. The molecule has 0 fully saturated rings. The van der Waals surface area contributed by atoms with Crippen LogP contribution in [-0.2, 0) is 0 Å². The Bertz CT molecular complexity index is 684. The van der Waals surface area contributed by atoms with Crippen LogP contribution in [0, 0.1) is 0 Å². The lowest BCUT2D eigenvalue weighted by molar-refractivity contribution is 0.479. The molecule has 0 spiro atoms. The molecular weight excluding hydrogens is 218 g/mol. The number of nitrogen functional groups attached to an aromatic ring is 2. The first-order valence-corrected chi connectivity index (χ1v) is 5.08. The monoisotopic (exact) mass is 229 g/mol. The molecule has 1 heterocycles. The predicted octanol–water partition coefficient (Wildman–Crippen LogP) is 1.90. The molecule has 0 aliphatic carbocycles. The van der Waals surface area contributed by atoms with Gasteiger partial charge in [-0.15, -0.1) is 0 Å².